The summed E-state index contributed by atoms with van der Waals surface area (Å²) in [6.45, 7) is 4.50. The maximum atomic E-state index is 11.0. The van der Waals surface area contributed by atoms with Gasteiger partial charge in [0.15, 0.2) is 0 Å². The molecule has 3 N–H and O–H groups in total. The van der Waals surface area contributed by atoms with Crippen molar-refractivity contribution < 1.29 is 33.8 Å². The molecule has 1 atom stereocenters. The monoisotopic (exact) mass is 266 g/mol. The summed E-state index contributed by atoms with van der Waals surface area (Å²) < 4.78 is 15.6. The predicted molar refractivity (Wildman–Crippen MR) is 58.5 cm³/mol. The van der Waals surface area contributed by atoms with Crippen molar-refractivity contribution in [3.05, 3.63) is 12.2 Å². The van der Waals surface area contributed by atoms with Gasteiger partial charge in [-0.2, -0.15) is 0 Å². The third kappa shape index (κ3) is 6.88. The average molecular weight is 266 g/mol. The van der Waals surface area contributed by atoms with E-state index < -0.39 is 31.6 Å². The third-order valence-electron chi connectivity index (χ3n) is 1.92. The lowest BCUT2D eigenvalue weighted by Gasteiger charge is -2.16. The van der Waals surface area contributed by atoms with Crippen molar-refractivity contribution in [2.75, 3.05) is 6.61 Å². The number of carboxylic acid groups (broad SMARTS) is 1. The van der Waals surface area contributed by atoms with E-state index in [2.05, 4.69) is 11.3 Å². The topological polar surface area (TPSA) is 121 Å². The maximum absolute atomic E-state index is 11.0. The summed E-state index contributed by atoms with van der Waals surface area (Å²) in [6, 6.07) is 0. The van der Waals surface area contributed by atoms with Crippen LogP contribution in [0.3, 0.4) is 0 Å². The van der Waals surface area contributed by atoms with E-state index in [1.165, 1.54) is 6.92 Å². The molecule has 0 aromatic carbocycles. The van der Waals surface area contributed by atoms with Gasteiger partial charge in [0.25, 0.3) is 0 Å². The molecule has 0 radical (unpaired) electrons. The van der Waals surface area contributed by atoms with Gasteiger partial charge in [-0.25, -0.2) is 4.79 Å². The second-order valence-corrected chi connectivity index (χ2v) is 5.45. The van der Waals surface area contributed by atoms with Crippen molar-refractivity contribution in [2.24, 2.45) is 0 Å². The third-order valence-corrected chi connectivity index (χ3v) is 3.31. The van der Waals surface area contributed by atoms with Crippen molar-refractivity contribution in [3.63, 3.8) is 0 Å². The van der Waals surface area contributed by atoms with Gasteiger partial charge in [0.05, 0.1) is 18.7 Å². The van der Waals surface area contributed by atoms with Crippen molar-refractivity contribution in [1.82, 2.24) is 0 Å². The standard InChI is InChI=1S/C9H15O7P/c1-6(2)9(12)16-4-3-7(5-8(10)11)17(13,14)15/h7H,1,3-5H2,2H3,(H,10,11)(H2,13,14,15). The summed E-state index contributed by atoms with van der Waals surface area (Å²) in [7, 11) is -4.51. The average Bonchev–Trinajstić information content (AvgIpc) is 2.13. The highest BCUT2D eigenvalue weighted by Crippen LogP contribution is 2.44. The first kappa shape index (κ1) is 15.8. The van der Waals surface area contributed by atoms with Gasteiger partial charge in [-0.05, 0) is 13.3 Å². The number of ether oxygens (including phenoxy) is 1. The van der Waals surface area contributed by atoms with Crippen LogP contribution < -0.4 is 0 Å². The summed E-state index contributed by atoms with van der Waals surface area (Å²) in [5.74, 6) is -1.99. The Labute approximate surface area is 98.3 Å². The van der Waals surface area contributed by atoms with E-state index >= 15 is 0 Å². The Bertz CT molecular complexity index is 356. The molecule has 0 bridgehead atoms. The quantitative estimate of drug-likeness (QED) is 0.349. The van der Waals surface area contributed by atoms with Crippen LogP contribution in [0.1, 0.15) is 19.8 Å². The Balaban J connectivity index is 4.28. The molecule has 0 fully saturated rings. The van der Waals surface area contributed by atoms with E-state index in [-0.39, 0.29) is 18.6 Å². The number of carboxylic acids is 1. The van der Waals surface area contributed by atoms with Gasteiger partial charge < -0.3 is 19.6 Å². The van der Waals surface area contributed by atoms with Crippen LogP contribution in [0.4, 0.5) is 0 Å². The molecule has 0 spiro atoms. The number of aliphatic carboxylic acids is 1. The Morgan fingerprint density at radius 3 is 2.29 bits per heavy atom. The van der Waals surface area contributed by atoms with Crippen molar-refractivity contribution in [1.29, 1.82) is 0 Å². The normalized spacial score (nSPS) is 12.9. The number of hydrogen-bond donors (Lipinski definition) is 3. The minimum absolute atomic E-state index is 0.163. The SMILES string of the molecule is C=C(C)C(=O)OCCC(CC(=O)O)P(=O)(O)O. The van der Waals surface area contributed by atoms with Gasteiger partial charge in [0, 0.05) is 5.57 Å². The van der Waals surface area contributed by atoms with Gasteiger partial charge in [-0.1, -0.05) is 6.58 Å². The molecular weight excluding hydrogens is 251 g/mol. The van der Waals surface area contributed by atoms with Gasteiger partial charge in [0.2, 0.25) is 0 Å². The van der Waals surface area contributed by atoms with Crippen LogP contribution in [-0.2, 0) is 18.9 Å². The van der Waals surface area contributed by atoms with Crippen molar-refractivity contribution in [3.8, 4) is 0 Å². The molecule has 0 aromatic rings. The summed E-state index contributed by atoms with van der Waals surface area (Å²) in [5, 5.41) is 8.48. The number of rotatable bonds is 7. The Morgan fingerprint density at radius 2 is 1.94 bits per heavy atom. The van der Waals surface area contributed by atoms with E-state index in [9.17, 15) is 14.2 Å². The minimum atomic E-state index is -4.51. The van der Waals surface area contributed by atoms with Crippen LogP contribution in [0.2, 0.25) is 0 Å². The number of hydrogen-bond acceptors (Lipinski definition) is 4. The molecule has 0 aliphatic heterocycles. The molecular formula is C9H15O7P. The lowest BCUT2D eigenvalue weighted by Crippen LogP contribution is -2.18. The molecule has 0 aliphatic carbocycles. The van der Waals surface area contributed by atoms with Gasteiger partial charge in [0.1, 0.15) is 0 Å². The summed E-state index contributed by atoms with van der Waals surface area (Å²) in [4.78, 5) is 39.1. The van der Waals surface area contributed by atoms with Crippen LogP contribution >= 0.6 is 7.60 Å². The van der Waals surface area contributed by atoms with Gasteiger partial charge in [-0.3, -0.25) is 9.36 Å². The Hall–Kier alpha value is -1.17. The lowest BCUT2D eigenvalue weighted by molar-refractivity contribution is -0.139. The Kier molecular flexibility index (Phi) is 6.09. The van der Waals surface area contributed by atoms with Crippen molar-refractivity contribution in [2.45, 2.75) is 25.4 Å². The zero-order valence-electron chi connectivity index (χ0n) is 9.33. The molecule has 7 nitrogen and oxygen atoms in total. The fraction of sp³-hybridized carbons (Fsp3) is 0.556. The van der Waals surface area contributed by atoms with Crippen LogP contribution in [0, 0.1) is 0 Å². The van der Waals surface area contributed by atoms with Crippen LogP contribution in [0.5, 0.6) is 0 Å². The highest BCUT2D eigenvalue weighted by atomic mass is 31.2. The van der Waals surface area contributed by atoms with E-state index in [4.69, 9.17) is 14.9 Å². The number of carbonyl (C=O) groups is 2. The zero-order valence-corrected chi connectivity index (χ0v) is 10.2. The molecule has 17 heavy (non-hydrogen) atoms. The molecule has 8 heteroatoms. The fourth-order valence-electron chi connectivity index (χ4n) is 1.00. The minimum Gasteiger partial charge on any atom is -0.481 e. The highest BCUT2D eigenvalue weighted by Gasteiger charge is 2.30. The second kappa shape index (κ2) is 6.54. The first-order valence-electron chi connectivity index (χ1n) is 4.74. The van der Waals surface area contributed by atoms with E-state index in [0.717, 1.165) is 0 Å². The highest BCUT2D eigenvalue weighted by molar-refractivity contribution is 7.52. The first-order chi connectivity index (χ1) is 7.64. The van der Waals surface area contributed by atoms with Crippen LogP contribution in [-0.4, -0.2) is 39.1 Å². The van der Waals surface area contributed by atoms with Crippen LogP contribution in [0.25, 0.3) is 0 Å². The molecule has 0 saturated carbocycles. The van der Waals surface area contributed by atoms with Crippen LogP contribution in [0.15, 0.2) is 12.2 Å². The van der Waals surface area contributed by atoms with Gasteiger partial charge >= 0.3 is 19.5 Å². The summed E-state index contributed by atoms with van der Waals surface area (Å²) in [6.07, 6.45) is -0.884. The van der Waals surface area contributed by atoms with E-state index in [0.29, 0.717) is 0 Å². The zero-order chi connectivity index (χ0) is 13.6. The largest absolute Gasteiger partial charge is 0.481 e. The smallest absolute Gasteiger partial charge is 0.333 e. The predicted octanol–water partition coefficient (Wildman–Crippen LogP) is 0.517. The molecule has 0 amide bonds. The number of carbonyl (C=O) groups excluding carboxylic acids is 1. The molecule has 0 saturated heterocycles. The molecule has 0 aromatic heterocycles. The molecule has 98 valence electrons. The Morgan fingerprint density at radius 1 is 1.41 bits per heavy atom. The maximum Gasteiger partial charge on any atom is 0.333 e. The number of esters is 1. The van der Waals surface area contributed by atoms with Crippen molar-refractivity contribution >= 4 is 19.5 Å². The van der Waals surface area contributed by atoms with Gasteiger partial charge in [-0.15, -0.1) is 0 Å². The lowest BCUT2D eigenvalue weighted by atomic mass is 10.2. The summed E-state index contributed by atoms with van der Waals surface area (Å²) >= 11 is 0. The summed E-state index contributed by atoms with van der Waals surface area (Å²) in [5.41, 5.74) is -1.19. The van der Waals surface area contributed by atoms with E-state index in [1.807, 2.05) is 0 Å². The first-order valence-corrected chi connectivity index (χ1v) is 6.42. The molecule has 0 heterocycles. The molecule has 1 unspecified atom stereocenters. The fourth-order valence-corrected chi connectivity index (χ4v) is 1.84. The molecule has 0 rings (SSSR count). The second-order valence-electron chi connectivity index (χ2n) is 3.55. The van der Waals surface area contributed by atoms with E-state index in [1.54, 1.807) is 0 Å². The molecule has 0 aliphatic rings.